The number of fused-ring (bicyclic) bond motifs is 1. The summed E-state index contributed by atoms with van der Waals surface area (Å²) in [6.45, 7) is 2.29. The summed E-state index contributed by atoms with van der Waals surface area (Å²) in [5.74, 6) is -1.48. The van der Waals surface area contributed by atoms with Crippen LogP contribution in [0.15, 0.2) is 70.6 Å². The summed E-state index contributed by atoms with van der Waals surface area (Å²) < 4.78 is 5.38. The summed E-state index contributed by atoms with van der Waals surface area (Å²) in [6, 6.07) is 11.7. The molecule has 2 aromatic rings. The van der Waals surface area contributed by atoms with Crippen LogP contribution in [0.5, 0.6) is 0 Å². The van der Waals surface area contributed by atoms with Gasteiger partial charge < -0.3 is 20.7 Å². The van der Waals surface area contributed by atoms with E-state index in [0.717, 1.165) is 23.1 Å². The van der Waals surface area contributed by atoms with Crippen LogP contribution in [-0.4, -0.2) is 30.7 Å². The molecule has 0 spiro atoms. The molecule has 3 amide bonds. The molecular formula is C27H26Cl2N4O4. The molecule has 10 heteroatoms. The second kappa shape index (κ2) is 11.6. The highest BCUT2D eigenvalue weighted by atomic mass is 35.5. The first-order chi connectivity index (χ1) is 17.8. The lowest BCUT2D eigenvalue weighted by molar-refractivity contribution is -0.131. The molecule has 0 aliphatic carbocycles. The third-order valence-corrected chi connectivity index (χ3v) is 6.73. The third-order valence-electron chi connectivity index (χ3n) is 6.16. The number of nitrogens with one attached hydrogen (secondary N) is 3. The molecule has 0 bridgehead atoms. The average Bonchev–Trinajstić information content (AvgIpc) is 3.06. The van der Waals surface area contributed by atoms with Crippen molar-refractivity contribution in [2.45, 2.75) is 32.7 Å². The van der Waals surface area contributed by atoms with E-state index < -0.39 is 17.7 Å². The lowest BCUT2D eigenvalue weighted by Gasteiger charge is -2.25. The highest BCUT2D eigenvalue weighted by Crippen LogP contribution is 2.29. The zero-order valence-electron chi connectivity index (χ0n) is 20.4. The molecule has 2 aromatic carbocycles. The van der Waals surface area contributed by atoms with Crippen LogP contribution in [0.3, 0.4) is 0 Å². The van der Waals surface area contributed by atoms with Gasteiger partial charge in [0.1, 0.15) is 11.8 Å². The second-order valence-electron chi connectivity index (χ2n) is 8.60. The Hall–Kier alpha value is -3.62. The van der Waals surface area contributed by atoms with Crippen molar-refractivity contribution in [3.63, 3.8) is 0 Å². The van der Waals surface area contributed by atoms with E-state index in [1.54, 1.807) is 24.3 Å². The molecule has 192 valence electrons. The van der Waals surface area contributed by atoms with Crippen molar-refractivity contribution in [1.29, 1.82) is 0 Å². The number of hydrogen-bond acceptors (Lipinski definition) is 5. The summed E-state index contributed by atoms with van der Waals surface area (Å²) in [5.41, 5.74) is 3.16. The number of hydrogen-bond donors (Lipinski definition) is 3. The van der Waals surface area contributed by atoms with E-state index >= 15 is 0 Å². The Morgan fingerprint density at radius 1 is 1.19 bits per heavy atom. The Labute approximate surface area is 224 Å². The van der Waals surface area contributed by atoms with Gasteiger partial charge in [-0.15, -0.1) is 0 Å². The van der Waals surface area contributed by atoms with E-state index in [4.69, 9.17) is 27.9 Å². The van der Waals surface area contributed by atoms with Crippen LogP contribution in [0.4, 0.5) is 5.69 Å². The Kier molecular flexibility index (Phi) is 8.31. The normalized spacial score (nSPS) is 17.1. The first-order valence-electron chi connectivity index (χ1n) is 11.8. The number of benzene rings is 2. The minimum atomic E-state index is -0.990. The Morgan fingerprint density at radius 2 is 2.00 bits per heavy atom. The van der Waals surface area contributed by atoms with E-state index in [0.29, 0.717) is 28.7 Å². The van der Waals surface area contributed by atoms with Gasteiger partial charge in [0.25, 0.3) is 5.91 Å². The van der Waals surface area contributed by atoms with E-state index in [2.05, 4.69) is 20.9 Å². The molecule has 0 saturated carbocycles. The first-order valence-corrected chi connectivity index (χ1v) is 12.5. The summed E-state index contributed by atoms with van der Waals surface area (Å²) in [5, 5.41) is 9.07. The van der Waals surface area contributed by atoms with Crippen LogP contribution < -0.4 is 16.0 Å². The summed E-state index contributed by atoms with van der Waals surface area (Å²) in [6.07, 6.45) is 3.51. The predicted octanol–water partition coefficient (Wildman–Crippen LogP) is 4.99. The number of methoxy groups -OCH3 is 1. The third kappa shape index (κ3) is 6.21. The Bertz CT molecular complexity index is 1350. The van der Waals surface area contributed by atoms with E-state index in [9.17, 15) is 14.4 Å². The minimum Gasteiger partial charge on any atom is -0.481 e. The van der Waals surface area contributed by atoms with Crippen LogP contribution in [-0.2, 0) is 20.9 Å². The Morgan fingerprint density at radius 3 is 2.73 bits per heavy atom. The van der Waals surface area contributed by atoms with E-state index in [1.807, 2.05) is 19.1 Å². The predicted molar refractivity (Wildman–Crippen MR) is 143 cm³/mol. The van der Waals surface area contributed by atoms with Crippen LogP contribution in [0.1, 0.15) is 42.1 Å². The molecule has 1 saturated heterocycles. The molecule has 1 atom stereocenters. The number of rotatable bonds is 7. The number of ether oxygens (including phenoxy) is 1. The summed E-state index contributed by atoms with van der Waals surface area (Å²) in [4.78, 5) is 43.1. The van der Waals surface area contributed by atoms with Crippen LogP contribution >= 0.6 is 23.2 Å². The number of aliphatic imine (C=N–C) groups is 1. The fourth-order valence-electron chi connectivity index (χ4n) is 4.10. The number of allylic oxidation sites excluding steroid dienone is 2. The topological polar surface area (TPSA) is 109 Å². The highest BCUT2D eigenvalue weighted by Gasteiger charge is 2.35. The molecular weight excluding hydrogens is 515 g/mol. The van der Waals surface area contributed by atoms with E-state index in [1.165, 1.54) is 19.2 Å². The van der Waals surface area contributed by atoms with Crippen LogP contribution in [0.2, 0.25) is 10.0 Å². The van der Waals surface area contributed by atoms with Gasteiger partial charge in [-0.1, -0.05) is 48.3 Å². The van der Waals surface area contributed by atoms with Crippen molar-refractivity contribution in [3.05, 3.63) is 86.7 Å². The van der Waals surface area contributed by atoms with Crippen molar-refractivity contribution in [2.24, 2.45) is 10.9 Å². The van der Waals surface area contributed by atoms with Gasteiger partial charge in [0.2, 0.25) is 17.7 Å². The minimum absolute atomic E-state index is 0.182. The van der Waals surface area contributed by atoms with Gasteiger partial charge in [0, 0.05) is 17.1 Å². The molecule has 37 heavy (non-hydrogen) atoms. The second-order valence-corrected chi connectivity index (χ2v) is 9.45. The van der Waals surface area contributed by atoms with Crippen molar-refractivity contribution in [3.8, 4) is 0 Å². The van der Waals surface area contributed by atoms with Crippen molar-refractivity contribution >= 4 is 52.4 Å². The lowest BCUT2D eigenvalue weighted by atomic mass is 9.91. The molecule has 1 unspecified atom stereocenters. The van der Waals surface area contributed by atoms with Crippen LogP contribution in [0, 0.1) is 5.92 Å². The average molecular weight is 541 g/mol. The maximum absolute atomic E-state index is 13.1. The molecule has 0 radical (unpaired) electrons. The van der Waals surface area contributed by atoms with Crippen molar-refractivity contribution in [2.75, 3.05) is 12.4 Å². The van der Waals surface area contributed by atoms with Gasteiger partial charge in [-0.25, -0.2) is 0 Å². The number of carbonyl (C=O) groups excluding carboxylic acids is 3. The molecule has 8 nitrogen and oxygen atoms in total. The number of amides is 3. The van der Waals surface area contributed by atoms with Gasteiger partial charge in [0.05, 0.1) is 17.8 Å². The molecule has 2 heterocycles. The maximum Gasteiger partial charge on any atom is 0.251 e. The number of amidine groups is 1. The highest BCUT2D eigenvalue weighted by molar-refractivity contribution is 6.34. The van der Waals surface area contributed by atoms with Gasteiger partial charge in [-0.3, -0.25) is 14.4 Å². The molecule has 3 N–H and O–H groups in total. The van der Waals surface area contributed by atoms with Gasteiger partial charge in [-0.05, 0) is 66.3 Å². The lowest BCUT2D eigenvalue weighted by Crippen LogP contribution is -2.47. The number of carbonyl (C=O) groups is 3. The summed E-state index contributed by atoms with van der Waals surface area (Å²) in [7, 11) is 1.54. The molecule has 4 rings (SSSR count). The number of piperidine rings is 1. The van der Waals surface area contributed by atoms with Gasteiger partial charge >= 0.3 is 0 Å². The first kappa shape index (κ1) is 26.4. The smallest absolute Gasteiger partial charge is 0.251 e. The summed E-state index contributed by atoms with van der Waals surface area (Å²) >= 11 is 12.3. The maximum atomic E-state index is 13.1. The standard InChI is InChI=1S/C27H26Cl2N4O4/c1-3-16-7-8-17-12-20(26(36)32-23(17)33-27(16)37-2)25(35)31-22-13-18(9-10-21(22)29)24(34)30-14-15-5-4-6-19(28)11-15/h4-6,8-11,13,20H,3,7,12,14H2,1-2H3,(H,30,34)(H,31,35)(H,32,33,36). The zero-order valence-corrected chi connectivity index (χ0v) is 21.9. The monoisotopic (exact) mass is 540 g/mol. The molecule has 0 aromatic heterocycles. The number of halogens is 2. The molecule has 1 fully saturated rings. The molecule has 2 aliphatic heterocycles. The van der Waals surface area contributed by atoms with Crippen LogP contribution in [0.25, 0.3) is 0 Å². The zero-order chi connectivity index (χ0) is 26.5. The number of nitrogens with zero attached hydrogens (tertiary/aromatic N) is 1. The van der Waals surface area contributed by atoms with Gasteiger partial charge in [0.15, 0.2) is 0 Å². The Balaban J connectivity index is 1.45. The van der Waals surface area contributed by atoms with Crippen molar-refractivity contribution in [1.82, 2.24) is 10.6 Å². The molecule has 2 aliphatic rings. The fraction of sp³-hybridized carbons (Fsp3) is 0.259. The van der Waals surface area contributed by atoms with Gasteiger partial charge in [-0.2, -0.15) is 4.99 Å². The SMILES string of the molecule is CCC1=C(OC)N=C2NC(=O)C(C(=O)Nc3cc(C(=O)NCc4cccc(Cl)c4)ccc3Cl)CC2=CC1. The number of anilines is 1. The fourth-order valence-corrected chi connectivity index (χ4v) is 4.48. The largest absolute Gasteiger partial charge is 0.481 e. The van der Waals surface area contributed by atoms with Crippen molar-refractivity contribution < 1.29 is 19.1 Å². The van der Waals surface area contributed by atoms with E-state index in [-0.39, 0.29) is 29.6 Å². The quantitative estimate of drug-likeness (QED) is 0.429.